The molecule has 1 heterocycles. The molecule has 1 N–H and O–H groups in total. The molecule has 0 saturated carbocycles. The normalized spacial score (nSPS) is 23.9. The highest BCUT2D eigenvalue weighted by Gasteiger charge is 2.32. The maximum atomic E-state index is 12.4. The van der Waals surface area contributed by atoms with E-state index < -0.39 is 12.7 Å². The first-order valence-corrected chi connectivity index (χ1v) is 7.61. The molecule has 124 valence electrons. The zero-order valence-electron chi connectivity index (χ0n) is 13.5. The van der Waals surface area contributed by atoms with Gasteiger partial charge in [0, 0.05) is 38.4 Å². The standard InChI is InChI=1S/C15H28F3N3/c1-5-6-7-14(20(2)3)13-9-8-12(19-13)10-21(4)11-15(16,17)18/h7,12-13,19H,5-6,8-11H2,1-4H3/b14-7-. The minimum atomic E-state index is -4.12. The van der Waals surface area contributed by atoms with E-state index in [1.165, 1.54) is 17.6 Å². The summed E-state index contributed by atoms with van der Waals surface area (Å²) < 4.78 is 37.1. The predicted molar refractivity (Wildman–Crippen MR) is 80.2 cm³/mol. The smallest absolute Gasteiger partial charge is 0.380 e. The van der Waals surface area contributed by atoms with Crippen molar-refractivity contribution in [2.45, 2.75) is 50.9 Å². The third-order valence-electron chi connectivity index (χ3n) is 3.74. The fourth-order valence-electron chi connectivity index (χ4n) is 2.87. The van der Waals surface area contributed by atoms with Crippen molar-refractivity contribution >= 4 is 0 Å². The average molecular weight is 307 g/mol. The number of nitrogens with zero attached hydrogens (tertiary/aromatic N) is 2. The van der Waals surface area contributed by atoms with Gasteiger partial charge in [0.1, 0.15) is 0 Å². The summed E-state index contributed by atoms with van der Waals surface area (Å²) in [6.07, 6.45) is 2.15. The second-order valence-electron chi connectivity index (χ2n) is 6.12. The van der Waals surface area contributed by atoms with E-state index in [9.17, 15) is 13.2 Å². The van der Waals surface area contributed by atoms with Gasteiger partial charge in [0.15, 0.2) is 0 Å². The van der Waals surface area contributed by atoms with Crippen LogP contribution in [0, 0.1) is 0 Å². The van der Waals surface area contributed by atoms with E-state index in [2.05, 4.69) is 23.2 Å². The van der Waals surface area contributed by atoms with Crippen molar-refractivity contribution in [1.82, 2.24) is 15.1 Å². The first-order chi connectivity index (χ1) is 9.73. The maximum Gasteiger partial charge on any atom is 0.401 e. The lowest BCUT2D eigenvalue weighted by Crippen LogP contribution is -2.43. The van der Waals surface area contributed by atoms with Gasteiger partial charge in [-0.15, -0.1) is 0 Å². The van der Waals surface area contributed by atoms with Crippen LogP contribution in [-0.2, 0) is 0 Å². The number of alkyl halides is 3. The summed E-state index contributed by atoms with van der Waals surface area (Å²) in [5.74, 6) is 0. The molecule has 0 spiro atoms. The first-order valence-electron chi connectivity index (χ1n) is 7.61. The quantitative estimate of drug-likeness (QED) is 0.780. The molecule has 0 aromatic rings. The van der Waals surface area contributed by atoms with E-state index in [0.717, 1.165) is 25.7 Å². The summed E-state index contributed by atoms with van der Waals surface area (Å²) in [5.41, 5.74) is 1.25. The summed E-state index contributed by atoms with van der Waals surface area (Å²) in [7, 11) is 5.57. The average Bonchev–Trinajstić information content (AvgIpc) is 2.74. The van der Waals surface area contributed by atoms with Crippen LogP contribution in [0.5, 0.6) is 0 Å². The van der Waals surface area contributed by atoms with Gasteiger partial charge < -0.3 is 10.2 Å². The Kier molecular flexibility index (Phi) is 7.00. The van der Waals surface area contributed by atoms with Crippen molar-refractivity contribution in [2.24, 2.45) is 0 Å². The summed E-state index contributed by atoms with van der Waals surface area (Å²) in [6.45, 7) is 1.73. The molecule has 2 atom stereocenters. The van der Waals surface area contributed by atoms with Crippen LogP contribution in [0.4, 0.5) is 13.2 Å². The van der Waals surface area contributed by atoms with Crippen molar-refractivity contribution in [3.63, 3.8) is 0 Å². The van der Waals surface area contributed by atoms with E-state index >= 15 is 0 Å². The summed E-state index contributed by atoms with van der Waals surface area (Å²) in [6, 6.07) is 0.392. The number of rotatable bonds is 7. The van der Waals surface area contributed by atoms with E-state index in [4.69, 9.17) is 0 Å². The summed E-state index contributed by atoms with van der Waals surface area (Å²) in [4.78, 5) is 3.46. The van der Waals surface area contributed by atoms with Crippen LogP contribution >= 0.6 is 0 Å². The van der Waals surface area contributed by atoms with E-state index in [1.54, 1.807) is 0 Å². The minimum Gasteiger partial charge on any atom is -0.380 e. The van der Waals surface area contributed by atoms with Gasteiger partial charge in [-0.1, -0.05) is 19.4 Å². The fraction of sp³-hybridized carbons (Fsp3) is 0.867. The lowest BCUT2D eigenvalue weighted by molar-refractivity contribution is -0.143. The molecule has 0 amide bonds. The van der Waals surface area contributed by atoms with Gasteiger partial charge in [0.25, 0.3) is 0 Å². The van der Waals surface area contributed by atoms with Gasteiger partial charge in [-0.3, -0.25) is 4.90 Å². The van der Waals surface area contributed by atoms with Crippen LogP contribution in [0.3, 0.4) is 0 Å². The summed E-state index contributed by atoms with van der Waals surface area (Å²) >= 11 is 0. The van der Waals surface area contributed by atoms with Gasteiger partial charge in [0.2, 0.25) is 0 Å². The number of hydrogen-bond acceptors (Lipinski definition) is 3. The molecule has 21 heavy (non-hydrogen) atoms. The Morgan fingerprint density at radius 3 is 2.43 bits per heavy atom. The molecule has 3 nitrogen and oxygen atoms in total. The molecular weight excluding hydrogens is 279 g/mol. The minimum absolute atomic E-state index is 0.132. The highest BCUT2D eigenvalue weighted by molar-refractivity contribution is 5.12. The zero-order chi connectivity index (χ0) is 16.0. The van der Waals surface area contributed by atoms with Crippen LogP contribution < -0.4 is 5.32 Å². The molecule has 1 aliphatic rings. The molecule has 1 fully saturated rings. The third-order valence-corrected chi connectivity index (χ3v) is 3.74. The van der Waals surface area contributed by atoms with Gasteiger partial charge in [0.05, 0.1) is 6.54 Å². The second-order valence-corrected chi connectivity index (χ2v) is 6.12. The Labute approximate surface area is 126 Å². The van der Waals surface area contributed by atoms with Crippen LogP contribution in [0.1, 0.15) is 32.6 Å². The number of allylic oxidation sites excluding steroid dienone is 1. The molecule has 2 unspecified atom stereocenters. The van der Waals surface area contributed by atoms with Crippen molar-refractivity contribution < 1.29 is 13.2 Å². The molecule has 0 aliphatic carbocycles. The molecule has 0 aromatic carbocycles. The van der Waals surface area contributed by atoms with Crippen LogP contribution in [0.2, 0.25) is 0 Å². The van der Waals surface area contributed by atoms with E-state index in [-0.39, 0.29) is 12.1 Å². The van der Waals surface area contributed by atoms with E-state index in [0.29, 0.717) is 6.54 Å². The molecule has 6 heteroatoms. The molecule has 0 radical (unpaired) electrons. The molecular formula is C15H28F3N3. The van der Waals surface area contributed by atoms with Crippen molar-refractivity contribution in [3.05, 3.63) is 11.8 Å². The molecule has 1 aliphatic heterocycles. The van der Waals surface area contributed by atoms with Gasteiger partial charge in [-0.05, 0) is 26.3 Å². The Balaban J connectivity index is 2.51. The first kappa shape index (κ1) is 18.3. The SMILES string of the molecule is CCC/C=C(/C1CCC(CN(C)CC(F)(F)F)N1)N(C)C. The van der Waals surface area contributed by atoms with Crippen LogP contribution in [0.25, 0.3) is 0 Å². The monoisotopic (exact) mass is 307 g/mol. The van der Waals surface area contributed by atoms with Crippen molar-refractivity contribution in [2.75, 3.05) is 34.2 Å². The highest BCUT2D eigenvalue weighted by Crippen LogP contribution is 2.22. The van der Waals surface area contributed by atoms with Gasteiger partial charge in [-0.25, -0.2) is 0 Å². The molecule has 0 aromatic heterocycles. The number of nitrogens with one attached hydrogen (secondary N) is 1. The van der Waals surface area contributed by atoms with Crippen molar-refractivity contribution in [3.8, 4) is 0 Å². The predicted octanol–water partition coefficient (Wildman–Crippen LogP) is 2.85. The summed E-state index contributed by atoms with van der Waals surface area (Å²) in [5, 5.41) is 3.48. The Hall–Kier alpha value is -0.750. The number of likely N-dealkylation sites (N-methyl/N-ethyl adjacent to an activating group) is 2. The van der Waals surface area contributed by atoms with Crippen molar-refractivity contribution in [1.29, 1.82) is 0 Å². The Morgan fingerprint density at radius 1 is 1.24 bits per heavy atom. The molecule has 1 rings (SSSR count). The molecule has 0 bridgehead atoms. The second kappa shape index (κ2) is 8.03. The fourth-order valence-corrected chi connectivity index (χ4v) is 2.87. The number of unbranched alkanes of at least 4 members (excludes halogenated alkanes) is 1. The van der Waals surface area contributed by atoms with Gasteiger partial charge >= 0.3 is 6.18 Å². The largest absolute Gasteiger partial charge is 0.401 e. The zero-order valence-corrected chi connectivity index (χ0v) is 13.5. The van der Waals surface area contributed by atoms with Crippen LogP contribution in [-0.4, -0.2) is 62.3 Å². The number of hydrogen-bond donors (Lipinski definition) is 1. The number of halogens is 3. The lowest BCUT2D eigenvalue weighted by atomic mass is 10.1. The highest BCUT2D eigenvalue weighted by atomic mass is 19.4. The Bertz CT molecular complexity index is 340. The maximum absolute atomic E-state index is 12.4. The lowest BCUT2D eigenvalue weighted by Gasteiger charge is -2.26. The third kappa shape index (κ3) is 6.70. The van der Waals surface area contributed by atoms with Gasteiger partial charge in [-0.2, -0.15) is 13.2 Å². The topological polar surface area (TPSA) is 18.5 Å². The van der Waals surface area contributed by atoms with E-state index in [1.807, 2.05) is 14.1 Å². The molecule has 1 saturated heterocycles. The Morgan fingerprint density at radius 2 is 1.90 bits per heavy atom. The van der Waals surface area contributed by atoms with Crippen LogP contribution in [0.15, 0.2) is 11.8 Å².